The number of carbonyl (C=O) groups excluding carboxylic acids is 1. The van der Waals surface area contributed by atoms with Gasteiger partial charge in [-0.25, -0.2) is 0 Å². The Hall–Kier alpha value is -0.960. The van der Waals surface area contributed by atoms with Crippen LogP contribution in [-0.2, 0) is 0 Å². The molecule has 0 aliphatic carbocycles. The molecule has 0 bridgehead atoms. The van der Waals surface area contributed by atoms with E-state index in [0.717, 1.165) is 29.2 Å². The molecule has 1 rings (SSSR count). The molecule has 0 aromatic heterocycles. The van der Waals surface area contributed by atoms with Gasteiger partial charge in [-0.3, -0.25) is 4.79 Å². The van der Waals surface area contributed by atoms with Gasteiger partial charge in [0.15, 0.2) is 0 Å². The van der Waals surface area contributed by atoms with Gasteiger partial charge in [0.25, 0.3) is 5.91 Å². The molecule has 0 unspecified atom stereocenters. The van der Waals surface area contributed by atoms with Crippen molar-refractivity contribution in [1.82, 2.24) is 5.32 Å². The molecule has 1 N–H and O–H groups in total. The Morgan fingerprint density at radius 2 is 1.84 bits per heavy atom. The largest absolute Gasteiger partial charge is 0.352 e. The lowest BCUT2D eigenvalue weighted by atomic mass is 10.1. The van der Waals surface area contributed by atoms with Crippen LogP contribution in [0.25, 0.3) is 0 Å². The van der Waals surface area contributed by atoms with Crippen molar-refractivity contribution in [2.45, 2.75) is 50.8 Å². The smallest absolute Gasteiger partial charge is 0.252 e. The first-order valence-electron chi connectivity index (χ1n) is 7.29. The third-order valence-corrected chi connectivity index (χ3v) is 3.95. The third kappa shape index (κ3) is 6.15. The minimum atomic E-state index is 0.0621. The lowest BCUT2D eigenvalue weighted by Crippen LogP contribution is -2.24. The topological polar surface area (TPSA) is 29.1 Å². The van der Waals surface area contributed by atoms with E-state index in [0.29, 0.717) is 0 Å². The Morgan fingerprint density at radius 1 is 1.11 bits per heavy atom. The average molecular weight is 279 g/mol. The lowest BCUT2D eigenvalue weighted by molar-refractivity contribution is 0.0950. The van der Waals surface area contributed by atoms with E-state index in [1.54, 1.807) is 11.8 Å². The van der Waals surface area contributed by atoms with Crippen molar-refractivity contribution in [2.24, 2.45) is 0 Å². The van der Waals surface area contributed by atoms with Gasteiger partial charge in [0.1, 0.15) is 0 Å². The molecular formula is C16H25NOS. The van der Waals surface area contributed by atoms with E-state index in [4.69, 9.17) is 0 Å². The van der Waals surface area contributed by atoms with Crippen molar-refractivity contribution in [2.75, 3.05) is 12.3 Å². The van der Waals surface area contributed by atoms with Gasteiger partial charge in [-0.2, -0.15) is 0 Å². The van der Waals surface area contributed by atoms with Crippen LogP contribution in [0.4, 0.5) is 0 Å². The molecule has 0 saturated heterocycles. The molecule has 1 aromatic carbocycles. The molecule has 106 valence electrons. The highest BCUT2D eigenvalue weighted by molar-refractivity contribution is 7.99. The fourth-order valence-electron chi connectivity index (χ4n) is 1.96. The van der Waals surface area contributed by atoms with Crippen LogP contribution >= 0.6 is 11.8 Å². The van der Waals surface area contributed by atoms with Gasteiger partial charge in [0.2, 0.25) is 0 Å². The van der Waals surface area contributed by atoms with Crippen LogP contribution < -0.4 is 5.32 Å². The summed E-state index contributed by atoms with van der Waals surface area (Å²) in [5, 5.41) is 3.02. The van der Waals surface area contributed by atoms with E-state index in [9.17, 15) is 4.79 Å². The zero-order chi connectivity index (χ0) is 13.9. The maximum Gasteiger partial charge on any atom is 0.252 e. The molecule has 0 radical (unpaired) electrons. The predicted octanol–water partition coefficient (Wildman–Crippen LogP) is 4.50. The van der Waals surface area contributed by atoms with Crippen molar-refractivity contribution in [3.05, 3.63) is 29.8 Å². The molecule has 0 aliphatic rings. The number of hydrogen-bond acceptors (Lipinski definition) is 2. The van der Waals surface area contributed by atoms with Crippen molar-refractivity contribution < 1.29 is 4.79 Å². The minimum Gasteiger partial charge on any atom is -0.352 e. The Bertz CT molecular complexity index is 379. The minimum absolute atomic E-state index is 0.0621. The van der Waals surface area contributed by atoms with Crippen molar-refractivity contribution in [3.8, 4) is 0 Å². The predicted molar refractivity (Wildman–Crippen MR) is 83.9 cm³/mol. The second-order valence-corrected chi connectivity index (χ2v) is 5.91. The van der Waals surface area contributed by atoms with Gasteiger partial charge in [0, 0.05) is 11.4 Å². The van der Waals surface area contributed by atoms with Crippen molar-refractivity contribution in [3.63, 3.8) is 0 Å². The summed E-state index contributed by atoms with van der Waals surface area (Å²) in [6, 6.07) is 7.84. The second kappa shape index (κ2) is 9.90. The van der Waals surface area contributed by atoms with Crippen LogP contribution in [0.2, 0.25) is 0 Å². The van der Waals surface area contributed by atoms with E-state index < -0.39 is 0 Å². The molecule has 0 spiro atoms. The van der Waals surface area contributed by atoms with E-state index in [1.165, 1.54) is 25.7 Å². The highest BCUT2D eigenvalue weighted by atomic mass is 32.2. The number of carbonyl (C=O) groups is 1. The third-order valence-electron chi connectivity index (χ3n) is 3.00. The van der Waals surface area contributed by atoms with Crippen LogP contribution in [-0.4, -0.2) is 18.2 Å². The normalized spacial score (nSPS) is 10.4. The fourth-order valence-corrected chi connectivity index (χ4v) is 2.76. The molecule has 0 heterocycles. The highest BCUT2D eigenvalue weighted by Crippen LogP contribution is 2.22. The Morgan fingerprint density at radius 3 is 2.58 bits per heavy atom. The summed E-state index contributed by atoms with van der Waals surface area (Å²) in [5.41, 5.74) is 0.808. The molecule has 0 atom stereocenters. The van der Waals surface area contributed by atoms with Crippen LogP contribution in [0.5, 0.6) is 0 Å². The Balaban J connectivity index is 2.36. The summed E-state index contributed by atoms with van der Waals surface area (Å²) in [6.07, 6.45) is 6.11. The van der Waals surface area contributed by atoms with Crippen molar-refractivity contribution in [1.29, 1.82) is 0 Å². The van der Waals surface area contributed by atoms with Crippen LogP contribution in [0, 0.1) is 0 Å². The molecule has 1 amide bonds. The maximum atomic E-state index is 12.1. The first kappa shape index (κ1) is 16.1. The molecule has 3 heteroatoms. The van der Waals surface area contributed by atoms with Crippen LogP contribution in [0.15, 0.2) is 29.2 Å². The van der Waals surface area contributed by atoms with E-state index in [1.807, 2.05) is 24.3 Å². The summed E-state index contributed by atoms with van der Waals surface area (Å²) in [5.74, 6) is 1.05. The highest BCUT2D eigenvalue weighted by Gasteiger charge is 2.09. The first-order chi connectivity index (χ1) is 9.29. The van der Waals surface area contributed by atoms with Crippen LogP contribution in [0.1, 0.15) is 56.3 Å². The standard InChI is InChI=1S/C16H25NOS/c1-3-5-6-7-10-13-17-16(18)14-11-8-9-12-15(14)19-4-2/h8-9,11-12H,3-7,10,13H2,1-2H3,(H,17,18). The first-order valence-corrected chi connectivity index (χ1v) is 8.28. The number of hydrogen-bond donors (Lipinski definition) is 1. The molecule has 0 saturated carbocycles. The maximum absolute atomic E-state index is 12.1. The number of amides is 1. The average Bonchev–Trinajstić information content (AvgIpc) is 2.43. The summed E-state index contributed by atoms with van der Waals surface area (Å²) in [7, 11) is 0. The van der Waals surface area contributed by atoms with Gasteiger partial charge in [-0.05, 0) is 24.3 Å². The van der Waals surface area contributed by atoms with Gasteiger partial charge in [0.05, 0.1) is 5.56 Å². The van der Waals surface area contributed by atoms with Gasteiger partial charge in [-0.15, -0.1) is 11.8 Å². The van der Waals surface area contributed by atoms with E-state index >= 15 is 0 Å². The molecule has 0 fully saturated rings. The fraction of sp³-hybridized carbons (Fsp3) is 0.562. The number of thioether (sulfide) groups is 1. The Kier molecular flexibility index (Phi) is 8.39. The monoisotopic (exact) mass is 279 g/mol. The summed E-state index contributed by atoms with van der Waals surface area (Å²) in [6.45, 7) is 5.10. The number of benzene rings is 1. The van der Waals surface area contributed by atoms with Crippen molar-refractivity contribution >= 4 is 17.7 Å². The van der Waals surface area contributed by atoms with Gasteiger partial charge in [-0.1, -0.05) is 51.7 Å². The molecule has 19 heavy (non-hydrogen) atoms. The number of nitrogens with one attached hydrogen (secondary N) is 1. The number of rotatable bonds is 9. The zero-order valence-corrected chi connectivity index (χ0v) is 12.9. The summed E-state index contributed by atoms with van der Waals surface area (Å²) < 4.78 is 0. The lowest BCUT2D eigenvalue weighted by Gasteiger charge is -2.09. The van der Waals surface area contributed by atoms with E-state index in [-0.39, 0.29) is 5.91 Å². The number of unbranched alkanes of at least 4 members (excludes halogenated alkanes) is 4. The van der Waals surface area contributed by atoms with Crippen LogP contribution in [0.3, 0.4) is 0 Å². The molecule has 1 aromatic rings. The second-order valence-electron chi connectivity index (χ2n) is 4.60. The molecule has 2 nitrogen and oxygen atoms in total. The molecule has 0 aliphatic heterocycles. The Labute approximate surface area is 121 Å². The SMILES string of the molecule is CCCCCCCNC(=O)c1ccccc1SCC. The van der Waals surface area contributed by atoms with Gasteiger partial charge >= 0.3 is 0 Å². The quantitative estimate of drug-likeness (QED) is 0.532. The van der Waals surface area contributed by atoms with Gasteiger partial charge < -0.3 is 5.32 Å². The molecular weight excluding hydrogens is 254 g/mol. The van der Waals surface area contributed by atoms with E-state index in [2.05, 4.69) is 19.2 Å². The zero-order valence-electron chi connectivity index (χ0n) is 12.1. The summed E-state index contributed by atoms with van der Waals surface area (Å²) >= 11 is 1.72. The summed E-state index contributed by atoms with van der Waals surface area (Å²) in [4.78, 5) is 13.2.